The molecule has 0 aliphatic carbocycles. The van der Waals surface area contributed by atoms with Gasteiger partial charge in [0.1, 0.15) is 4.88 Å². The van der Waals surface area contributed by atoms with Crippen molar-refractivity contribution >= 4 is 22.9 Å². The number of ether oxygens (including phenoxy) is 1. The summed E-state index contributed by atoms with van der Waals surface area (Å²) < 4.78 is 5.08. The molecular weight excluding hydrogens is 302 g/mol. The number of rotatable bonds is 7. The molecule has 1 fully saturated rings. The van der Waals surface area contributed by atoms with Crippen molar-refractivity contribution in [2.24, 2.45) is 11.8 Å². The van der Waals surface area contributed by atoms with Crippen LogP contribution >= 0.6 is 11.3 Å². The van der Waals surface area contributed by atoms with Crippen LogP contribution < -0.4 is 5.73 Å². The van der Waals surface area contributed by atoms with Gasteiger partial charge in [-0.2, -0.15) is 0 Å². The van der Waals surface area contributed by atoms with Gasteiger partial charge in [0.05, 0.1) is 12.3 Å². The van der Waals surface area contributed by atoms with E-state index in [1.807, 2.05) is 17.3 Å². The lowest BCUT2D eigenvalue weighted by molar-refractivity contribution is 0.0784. The zero-order chi connectivity index (χ0) is 16.1. The molecule has 1 aromatic heterocycles. The van der Waals surface area contributed by atoms with Gasteiger partial charge in [-0.1, -0.05) is 0 Å². The monoisotopic (exact) mass is 327 g/mol. The van der Waals surface area contributed by atoms with Crippen LogP contribution in [-0.2, 0) is 4.74 Å². The van der Waals surface area contributed by atoms with E-state index < -0.39 is 0 Å². The van der Waals surface area contributed by atoms with E-state index in [-0.39, 0.29) is 24.3 Å². The minimum absolute atomic E-state index is 0.0204. The van der Waals surface area contributed by atoms with Gasteiger partial charge in [-0.25, -0.2) is 0 Å². The van der Waals surface area contributed by atoms with E-state index in [2.05, 4.69) is 4.90 Å². The number of carbonyl (C=O) groups excluding carboxylic acids is 1. The normalized spacial score (nSPS) is 21.7. The van der Waals surface area contributed by atoms with Gasteiger partial charge in [0.25, 0.3) is 5.91 Å². The average molecular weight is 327 g/mol. The number of likely N-dealkylation sites (N-methyl/N-ethyl adjacent to an activating group) is 1. The lowest BCUT2D eigenvalue weighted by atomic mass is 9.96. The van der Waals surface area contributed by atoms with E-state index in [0.29, 0.717) is 30.3 Å². The zero-order valence-corrected chi connectivity index (χ0v) is 14.0. The van der Waals surface area contributed by atoms with Gasteiger partial charge in [0.15, 0.2) is 0 Å². The Balaban J connectivity index is 1.97. The van der Waals surface area contributed by atoms with Gasteiger partial charge in [-0.15, -0.1) is 11.3 Å². The second-order valence-corrected chi connectivity index (χ2v) is 6.79. The lowest BCUT2D eigenvalue weighted by Crippen LogP contribution is -2.33. The molecule has 124 valence electrons. The Morgan fingerprint density at radius 2 is 2.27 bits per heavy atom. The van der Waals surface area contributed by atoms with Crippen LogP contribution in [0.15, 0.2) is 11.4 Å². The first-order valence-corrected chi connectivity index (χ1v) is 8.35. The predicted molar refractivity (Wildman–Crippen MR) is 88.1 cm³/mol. The molecule has 1 aliphatic rings. The summed E-state index contributed by atoms with van der Waals surface area (Å²) in [4.78, 5) is 17.1. The molecule has 0 bridgehead atoms. The fraction of sp³-hybridized carbons (Fsp3) is 0.667. The standard InChI is InChI=1S/C15H25N3O3S/c1-17(4-5-21-2)7-11-8-18(9-12(11)10-19)15(20)14-13(16)3-6-22-14/h3,6,11-12,19H,4-5,7-10,16H2,1-2H3. The molecule has 6 nitrogen and oxygen atoms in total. The Labute approximate surface area is 135 Å². The molecule has 1 aromatic rings. The minimum atomic E-state index is -0.0204. The second kappa shape index (κ2) is 7.92. The predicted octanol–water partition coefficient (Wildman–Crippen LogP) is 0.589. The van der Waals surface area contributed by atoms with Crippen LogP contribution in [0.5, 0.6) is 0 Å². The first kappa shape index (κ1) is 17.2. The molecule has 2 rings (SSSR count). The Morgan fingerprint density at radius 3 is 2.86 bits per heavy atom. The number of hydrogen-bond donors (Lipinski definition) is 2. The highest BCUT2D eigenvalue weighted by molar-refractivity contribution is 7.12. The second-order valence-electron chi connectivity index (χ2n) is 5.87. The van der Waals surface area contributed by atoms with Crippen LogP contribution in [-0.4, -0.2) is 74.4 Å². The smallest absolute Gasteiger partial charge is 0.266 e. The zero-order valence-electron chi connectivity index (χ0n) is 13.2. The number of hydrogen-bond acceptors (Lipinski definition) is 6. The average Bonchev–Trinajstić information content (AvgIpc) is 3.10. The third kappa shape index (κ3) is 3.98. The van der Waals surface area contributed by atoms with E-state index in [9.17, 15) is 9.90 Å². The maximum absolute atomic E-state index is 12.5. The summed E-state index contributed by atoms with van der Waals surface area (Å²) in [7, 11) is 3.72. The van der Waals surface area contributed by atoms with Crippen molar-refractivity contribution in [3.05, 3.63) is 16.3 Å². The van der Waals surface area contributed by atoms with Gasteiger partial charge in [0.2, 0.25) is 0 Å². The van der Waals surface area contributed by atoms with Crippen molar-refractivity contribution in [3.8, 4) is 0 Å². The summed E-state index contributed by atoms with van der Waals surface area (Å²) in [6.07, 6.45) is 0. The Hall–Kier alpha value is -1.15. The van der Waals surface area contributed by atoms with Gasteiger partial charge >= 0.3 is 0 Å². The largest absolute Gasteiger partial charge is 0.397 e. The summed E-state index contributed by atoms with van der Waals surface area (Å²) in [6.45, 7) is 3.73. The molecule has 22 heavy (non-hydrogen) atoms. The molecule has 3 N–H and O–H groups in total. The van der Waals surface area contributed by atoms with Crippen molar-refractivity contribution in [1.29, 1.82) is 0 Å². The van der Waals surface area contributed by atoms with Gasteiger partial charge in [0, 0.05) is 45.8 Å². The molecular formula is C15H25N3O3S. The number of nitrogens with zero attached hydrogens (tertiary/aromatic N) is 2. The SMILES string of the molecule is COCCN(C)CC1CN(C(=O)c2sccc2N)CC1CO. The maximum atomic E-state index is 12.5. The molecule has 2 unspecified atom stereocenters. The number of carbonyl (C=O) groups is 1. The Kier molecular flexibility index (Phi) is 6.19. The maximum Gasteiger partial charge on any atom is 0.266 e. The van der Waals surface area contributed by atoms with Crippen molar-refractivity contribution in [1.82, 2.24) is 9.80 Å². The van der Waals surface area contributed by atoms with Crippen molar-refractivity contribution in [2.75, 3.05) is 59.3 Å². The summed E-state index contributed by atoms with van der Waals surface area (Å²) >= 11 is 1.37. The van der Waals surface area contributed by atoms with E-state index in [4.69, 9.17) is 10.5 Å². The summed E-state index contributed by atoms with van der Waals surface area (Å²) in [6, 6.07) is 1.76. The van der Waals surface area contributed by atoms with Crippen LogP contribution in [0.2, 0.25) is 0 Å². The number of aliphatic hydroxyl groups excluding tert-OH is 1. The first-order chi connectivity index (χ1) is 10.6. The molecule has 1 saturated heterocycles. The summed E-state index contributed by atoms with van der Waals surface area (Å²) in [5.74, 6) is 0.375. The fourth-order valence-corrected chi connectivity index (χ4v) is 3.68. The van der Waals surface area contributed by atoms with E-state index >= 15 is 0 Å². The van der Waals surface area contributed by atoms with Gasteiger partial charge in [-0.05, 0) is 24.4 Å². The van der Waals surface area contributed by atoms with Crippen LogP contribution in [0.1, 0.15) is 9.67 Å². The minimum Gasteiger partial charge on any atom is -0.397 e. The number of nitrogen functional groups attached to an aromatic ring is 1. The van der Waals surface area contributed by atoms with Crippen molar-refractivity contribution < 1.29 is 14.6 Å². The number of thiophene rings is 1. The molecule has 2 heterocycles. The molecule has 0 radical (unpaired) electrons. The topological polar surface area (TPSA) is 79.0 Å². The summed E-state index contributed by atoms with van der Waals surface area (Å²) in [5.41, 5.74) is 6.38. The van der Waals surface area contributed by atoms with Crippen molar-refractivity contribution in [3.63, 3.8) is 0 Å². The van der Waals surface area contributed by atoms with Gasteiger partial charge in [-0.3, -0.25) is 4.79 Å². The number of aliphatic hydroxyl groups is 1. The highest BCUT2D eigenvalue weighted by Crippen LogP contribution is 2.28. The molecule has 2 atom stereocenters. The van der Waals surface area contributed by atoms with Gasteiger partial charge < -0.3 is 25.4 Å². The van der Waals surface area contributed by atoms with Crippen LogP contribution in [0, 0.1) is 11.8 Å². The van der Waals surface area contributed by atoms with E-state index in [0.717, 1.165) is 13.1 Å². The van der Waals surface area contributed by atoms with E-state index in [1.54, 1.807) is 13.2 Å². The fourth-order valence-electron chi connectivity index (χ4n) is 2.89. The number of likely N-dealkylation sites (tertiary alicyclic amines) is 1. The lowest BCUT2D eigenvalue weighted by Gasteiger charge is -2.23. The number of amides is 1. The Morgan fingerprint density at radius 1 is 1.55 bits per heavy atom. The summed E-state index contributed by atoms with van der Waals surface area (Å²) in [5, 5.41) is 11.4. The molecule has 0 aromatic carbocycles. The van der Waals surface area contributed by atoms with Crippen LogP contribution in [0.4, 0.5) is 5.69 Å². The number of nitrogens with two attached hydrogens (primary N) is 1. The molecule has 1 amide bonds. The highest BCUT2D eigenvalue weighted by atomic mass is 32.1. The molecule has 0 spiro atoms. The van der Waals surface area contributed by atoms with Crippen molar-refractivity contribution in [2.45, 2.75) is 0 Å². The van der Waals surface area contributed by atoms with Crippen LogP contribution in [0.3, 0.4) is 0 Å². The highest BCUT2D eigenvalue weighted by Gasteiger charge is 2.36. The van der Waals surface area contributed by atoms with Crippen LogP contribution in [0.25, 0.3) is 0 Å². The van der Waals surface area contributed by atoms with E-state index in [1.165, 1.54) is 11.3 Å². The molecule has 1 aliphatic heterocycles. The Bertz CT molecular complexity index is 494. The molecule has 7 heteroatoms. The third-order valence-electron chi connectivity index (χ3n) is 4.21. The third-order valence-corrected chi connectivity index (χ3v) is 5.13. The molecule has 0 saturated carbocycles. The number of anilines is 1. The number of methoxy groups -OCH3 is 1. The first-order valence-electron chi connectivity index (χ1n) is 7.47. The quantitative estimate of drug-likeness (QED) is 0.766.